The number of carboxylic acids is 1. The number of benzene rings is 1. The first-order chi connectivity index (χ1) is 9.43. The second-order valence-corrected chi connectivity index (χ2v) is 4.43. The van der Waals surface area contributed by atoms with Gasteiger partial charge >= 0.3 is 5.97 Å². The number of rotatable bonds is 6. The van der Waals surface area contributed by atoms with Crippen molar-refractivity contribution in [3.05, 3.63) is 34.9 Å². The summed E-state index contributed by atoms with van der Waals surface area (Å²) in [5.74, 6) is -1.99. The summed E-state index contributed by atoms with van der Waals surface area (Å²) in [5, 5.41) is 11.5. The Morgan fingerprint density at radius 3 is 2.60 bits per heavy atom. The molecule has 0 radical (unpaired) electrons. The van der Waals surface area contributed by atoms with Crippen molar-refractivity contribution in [2.45, 2.75) is 6.92 Å². The molecule has 0 saturated carbocycles. The molecule has 2 amide bonds. The van der Waals surface area contributed by atoms with Crippen LogP contribution in [0.3, 0.4) is 0 Å². The van der Waals surface area contributed by atoms with Crippen molar-refractivity contribution in [1.29, 1.82) is 0 Å². The van der Waals surface area contributed by atoms with Crippen LogP contribution in [0.15, 0.2) is 24.3 Å². The van der Waals surface area contributed by atoms with E-state index in [1.54, 1.807) is 25.1 Å². The monoisotopic (exact) mass is 298 g/mol. The molecule has 108 valence electrons. The summed E-state index contributed by atoms with van der Waals surface area (Å²) in [5.41, 5.74) is 0.339. The lowest BCUT2D eigenvalue weighted by molar-refractivity contribution is -0.143. The van der Waals surface area contributed by atoms with Crippen molar-refractivity contribution in [3.8, 4) is 0 Å². The number of amides is 2. The first kappa shape index (κ1) is 16.0. The highest BCUT2D eigenvalue weighted by atomic mass is 35.5. The molecule has 2 N–H and O–H groups in total. The Labute approximate surface area is 121 Å². The van der Waals surface area contributed by atoms with Gasteiger partial charge in [0.25, 0.3) is 5.91 Å². The number of nitrogens with zero attached hydrogens (tertiary/aromatic N) is 1. The molecule has 0 unspecified atom stereocenters. The van der Waals surface area contributed by atoms with Crippen LogP contribution in [0.4, 0.5) is 0 Å². The molecular weight excluding hydrogens is 284 g/mol. The minimum atomic E-state index is -1.10. The minimum Gasteiger partial charge on any atom is -0.480 e. The van der Waals surface area contributed by atoms with E-state index in [1.807, 2.05) is 0 Å². The topological polar surface area (TPSA) is 86.7 Å². The third kappa shape index (κ3) is 4.89. The summed E-state index contributed by atoms with van der Waals surface area (Å²) in [7, 11) is 0. The Morgan fingerprint density at radius 2 is 2.05 bits per heavy atom. The quantitative estimate of drug-likeness (QED) is 0.820. The fourth-order valence-corrected chi connectivity index (χ4v) is 1.73. The van der Waals surface area contributed by atoms with Crippen LogP contribution in [0.1, 0.15) is 17.3 Å². The number of aliphatic carboxylic acids is 1. The molecule has 0 atom stereocenters. The van der Waals surface area contributed by atoms with E-state index in [-0.39, 0.29) is 19.6 Å². The van der Waals surface area contributed by atoms with Crippen molar-refractivity contribution in [2.75, 3.05) is 19.6 Å². The van der Waals surface area contributed by atoms with Crippen LogP contribution in [-0.2, 0) is 9.59 Å². The highest BCUT2D eigenvalue weighted by molar-refractivity contribution is 6.30. The van der Waals surface area contributed by atoms with Crippen LogP contribution in [0.25, 0.3) is 0 Å². The maximum absolute atomic E-state index is 11.8. The van der Waals surface area contributed by atoms with Crippen molar-refractivity contribution in [2.24, 2.45) is 0 Å². The zero-order valence-electron chi connectivity index (χ0n) is 10.9. The van der Waals surface area contributed by atoms with E-state index in [0.29, 0.717) is 10.6 Å². The lowest BCUT2D eigenvalue weighted by Gasteiger charge is -2.18. The molecule has 20 heavy (non-hydrogen) atoms. The average molecular weight is 299 g/mol. The summed E-state index contributed by atoms with van der Waals surface area (Å²) in [6.45, 7) is 1.28. The number of hydrogen-bond donors (Lipinski definition) is 2. The van der Waals surface area contributed by atoms with Gasteiger partial charge in [-0.2, -0.15) is 0 Å². The largest absolute Gasteiger partial charge is 0.480 e. The van der Waals surface area contributed by atoms with E-state index in [1.165, 1.54) is 6.07 Å². The second kappa shape index (κ2) is 7.49. The summed E-state index contributed by atoms with van der Waals surface area (Å²) in [4.78, 5) is 35.2. The smallest absolute Gasteiger partial charge is 0.323 e. The molecule has 0 aliphatic carbocycles. The van der Waals surface area contributed by atoms with Crippen LogP contribution in [-0.4, -0.2) is 47.4 Å². The summed E-state index contributed by atoms with van der Waals surface area (Å²) >= 11 is 5.76. The van der Waals surface area contributed by atoms with Crippen LogP contribution < -0.4 is 5.32 Å². The number of nitrogens with one attached hydrogen (secondary N) is 1. The number of carboxylic acid groups (broad SMARTS) is 1. The highest BCUT2D eigenvalue weighted by Gasteiger charge is 2.16. The van der Waals surface area contributed by atoms with Gasteiger partial charge in [0.05, 0.1) is 6.54 Å². The molecular formula is C13H15ClN2O4. The van der Waals surface area contributed by atoms with Crippen molar-refractivity contribution in [3.63, 3.8) is 0 Å². The SMILES string of the molecule is CCN(CC(=O)O)C(=O)CNC(=O)c1cccc(Cl)c1. The molecule has 0 heterocycles. The summed E-state index contributed by atoms with van der Waals surface area (Å²) in [6, 6.07) is 6.31. The predicted molar refractivity (Wildman–Crippen MR) is 73.7 cm³/mol. The molecule has 1 aromatic carbocycles. The van der Waals surface area contributed by atoms with Crippen molar-refractivity contribution in [1.82, 2.24) is 10.2 Å². The molecule has 7 heteroatoms. The maximum atomic E-state index is 11.8. The van der Waals surface area contributed by atoms with E-state index >= 15 is 0 Å². The lowest BCUT2D eigenvalue weighted by Crippen LogP contribution is -2.42. The molecule has 1 aromatic rings. The molecule has 0 aliphatic rings. The number of hydrogen-bond acceptors (Lipinski definition) is 3. The molecule has 6 nitrogen and oxygen atoms in total. The van der Waals surface area contributed by atoms with Gasteiger partial charge in [0.1, 0.15) is 6.54 Å². The van der Waals surface area contributed by atoms with E-state index in [9.17, 15) is 14.4 Å². The highest BCUT2D eigenvalue weighted by Crippen LogP contribution is 2.10. The Kier molecular flexibility index (Phi) is 5.99. The molecule has 0 spiro atoms. The standard InChI is InChI=1S/C13H15ClN2O4/c1-2-16(8-12(18)19)11(17)7-15-13(20)9-4-3-5-10(14)6-9/h3-6H,2,7-8H2,1H3,(H,15,20)(H,18,19). The van der Waals surface area contributed by atoms with E-state index in [4.69, 9.17) is 16.7 Å². The van der Waals surface area contributed by atoms with Crippen LogP contribution >= 0.6 is 11.6 Å². The normalized spacial score (nSPS) is 9.90. The molecule has 1 rings (SSSR count). The van der Waals surface area contributed by atoms with Crippen molar-refractivity contribution < 1.29 is 19.5 Å². The van der Waals surface area contributed by atoms with Gasteiger partial charge in [-0.25, -0.2) is 0 Å². The van der Waals surface area contributed by atoms with Gasteiger partial charge in [0.2, 0.25) is 5.91 Å². The van der Waals surface area contributed by atoms with Crippen LogP contribution in [0.2, 0.25) is 5.02 Å². The zero-order valence-corrected chi connectivity index (χ0v) is 11.7. The van der Waals surface area contributed by atoms with Crippen molar-refractivity contribution >= 4 is 29.4 Å². The Balaban J connectivity index is 2.55. The predicted octanol–water partition coefficient (Wildman–Crippen LogP) is 1.00. The maximum Gasteiger partial charge on any atom is 0.323 e. The second-order valence-electron chi connectivity index (χ2n) is 3.99. The Hall–Kier alpha value is -2.08. The number of carbonyl (C=O) groups excluding carboxylic acids is 2. The molecule has 0 bridgehead atoms. The van der Waals surface area contributed by atoms with E-state index in [0.717, 1.165) is 4.90 Å². The summed E-state index contributed by atoms with van der Waals surface area (Å²) in [6.07, 6.45) is 0. The van der Waals surface area contributed by atoms with Gasteiger partial charge in [-0.1, -0.05) is 17.7 Å². The fraction of sp³-hybridized carbons (Fsp3) is 0.308. The van der Waals surface area contributed by atoms with E-state index in [2.05, 4.69) is 5.32 Å². The average Bonchev–Trinajstić information content (AvgIpc) is 2.41. The fourth-order valence-electron chi connectivity index (χ4n) is 1.54. The third-order valence-corrected chi connectivity index (χ3v) is 2.78. The lowest BCUT2D eigenvalue weighted by atomic mass is 10.2. The molecule has 0 aliphatic heterocycles. The first-order valence-electron chi connectivity index (χ1n) is 5.97. The van der Waals surface area contributed by atoms with Crippen LogP contribution in [0.5, 0.6) is 0 Å². The van der Waals surface area contributed by atoms with Gasteiger partial charge in [-0.3, -0.25) is 14.4 Å². The molecule has 0 saturated heterocycles. The van der Waals surface area contributed by atoms with Gasteiger partial charge in [-0.15, -0.1) is 0 Å². The van der Waals surface area contributed by atoms with Gasteiger partial charge in [0.15, 0.2) is 0 Å². The van der Waals surface area contributed by atoms with Gasteiger partial charge < -0.3 is 15.3 Å². The van der Waals surface area contributed by atoms with Crippen LogP contribution in [0, 0.1) is 0 Å². The van der Waals surface area contributed by atoms with Gasteiger partial charge in [-0.05, 0) is 25.1 Å². The minimum absolute atomic E-state index is 0.257. The first-order valence-corrected chi connectivity index (χ1v) is 6.35. The Morgan fingerprint density at radius 1 is 1.35 bits per heavy atom. The Bertz CT molecular complexity index is 519. The van der Waals surface area contributed by atoms with E-state index < -0.39 is 17.8 Å². The zero-order chi connectivity index (χ0) is 15.1. The molecule has 0 aromatic heterocycles. The van der Waals surface area contributed by atoms with Gasteiger partial charge in [0, 0.05) is 17.1 Å². The number of likely N-dealkylation sites (N-methyl/N-ethyl adjacent to an activating group) is 1. The number of carbonyl (C=O) groups is 3. The third-order valence-electron chi connectivity index (χ3n) is 2.55. The number of halogens is 1. The summed E-state index contributed by atoms with van der Waals surface area (Å²) < 4.78 is 0. The molecule has 0 fully saturated rings.